The third kappa shape index (κ3) is 1.04. The van der Waals surface area contributed by atoms with Gasteiger partial charge in [-0.2, -0.15) is 0 Å². The summed E-state index contributed by atoms with van der Waals surface area (Å²) < 4.78 is 4.55. The van der Waals surface area contributed by atoms with E-state index in [0.29, 0.717) is 0 Å². The van der Waals surface area contributed by atoms with Gasteiger partial charge in [0.1, 0.15) is 11.4 Å². The molecule has 68 valence electrons. The largest absolute Gasteiger partial charge is 0.543 e. The Morgan fingerprint density at radius 1 is 0.714 bits per heavy atom. The van der Waals surface area contributed by atoms with Gasteiger partial charge in [0.2, 0.25) is 0 Å². The van der Waals surface area contributed by atoms with Crippen molar-refractivity contribution < 1.29 is 4.74 Å². The van der Waals surface area contributed by atoms with E-state index in [1.165, 1.54) is 0 Å². The second kappa shape index (κ2) is 2.77. The zero-order valence-corrected chi connectivity index (χ0v) is 7.57. The minimum atomic E-state index is 1.01. The Morgan fingerprint density at radius 3 is 1.79 bits per heavy atom. The maximum atomic E-state index is 4.55. The molecule has 1 heterocycles. The fourth-order valence-corrected chi connectivity index (χ4v) is 1.63. The standard InChI is InChI=1S/C12H9NO/c1-3-7-11-9(5-1)13-10-6-2-4-8-12(10)14-11/h1-8,13H/p+1. The molecule has 0 unspecified atom stereocenters. The first-order valence-electron chi connectivity index (χ1n) is 4.60. The van der Waals surface area contributed by atoms with Crippen molar-refractivity contribution in [3.8, 4) is 11.5 Å². The molecule has 2 N–H and O–H groups in total. The second-order valence-electron chi connectivity index (χ2n) is 3.27. The Morgan fingerprint density at radius 2 is 1.21 bits per heavy atom. The lowest BCUT2D eigenvalue weighted by molar-refractivity contribution is 0.199. The molecule has 2 heteroatoms. The zero-order chi connectivity index (χ0) is 9.38. The number of ether oxygens (including phenoxy) is 1. The van der Waals surface area contributed by atoms with Crippen LogP contribution in [0.25, 0.3) is 0 Å². The number of hydrogen-bond donors (Lipinski definition) is 1. The first-order chi connectivity index (χ1) is 6.93. The molecule has 1 aliphatic heterocycles. The molecular formula is C12H10NO+. The van der Waals surface area contributed by atoms with Gasteiger partial charge in [-0.3, -0.25) is 0 Å². The van der Waals surface area contributed by atoms with Gasteiger partial charge in [0, 0.05) is 12.1 Å². The summed E-state index contributed by atoms with van der Waals surface area (Å²) in [6, 6.07) is 16.1. The van der Waals surface area contributed by atoms with Gasteiger partial charge in [0.05, 0.1) is 0 Å². The molecule has 2 aromatic carbocycles. The number of rotatable bonds is 0. The predicted molar refractivity (Wildman–Crippen MR) is 57.3 cm³/mol. The molecule has 0 saturated heterocycles. The van der Waals surface area contributed by atoms with Crippen LogP contribution in [0.4, 0.5) is 11.4 Å². The predicted octanol–water partition coefficient (Wildman–Crippen LogP) is 3.40. The van der Waals surface area contributed by atoms with E-state index < -0.39 is 0 Å². The molecule has 2 nitrogen and oxygen atoms in total. The lowest BCUT2D eigenvalue weighted by Crippen LogP contribution is -1.99. The van der Waals surface area contributed by atoms with Gasteiger partial charge in [0.15, 0.2) is 0 Å². The summed E-state index contributed by atoms with van der Waals surface area (Å²) in [7, 11) is 0. The highest BCUT2D eigenvalue weighted by atomic mass is 16.5. The highest BCUT2D eigenvalue weighted by molar-refractivity contribution is 5.74. The summed E-state index contributed by atoms with van der Waals surface area (Å²) in [6.07, 6.45) is 0. The van der Waals surface area contributed by atoms with Crippen LogP contribution in [0.5, 0.6) is 11.5 Å². The summed E-state index contributed by atoms with van der Waals surface area (Å²) in [6.45, 7) is 0. The summed E-state index contributed by atoms with van der Waals surface area (Å²) in [5, 5.41) is 3.35. The van der Waals surface area contributed by atoms with Crippen LogP contribution in [0.2, 0.25) is 0 Å². The summed E-state index contributed by atoms with van der Waals surface area (Å²) in [4.78, 5) is 0. The zero-order valence-electron chi connectivity index (χ0n) is 7.57. The van der Waals surface area contributed by atoms with E-state index in [9.17, 15) is 0 Å². The Labute approximate surface area is 82.1 Å². The molecule has 0 bridgehead atoms. The van der Waals surface area contributed by atoms with E-state index in [2.05, 4.69) is 10.1 Å². The van der Waals surface area contributed by atoms with Crippen LogP contribution >= 0.6 is 0 Å². The van der Waals surface area contributed by atoms with Crippen molar-refractivity contribution in [3.05, 3.63) is 48.5 Å². The van der Waals surface area contributed by atoms with E-state index in [1.54, 1.807) is 0 Å². The Kier molecular flexibility index (Phi) is 1.47. The van der Waals surface area contributed by atoms with Crippen LogP contribution in [0.1, 0.15) is 0 Å². The summed E-state index contributed by atoms with van der Waals surface area (Å²) >= 11 is 0. The van der Waals surface area contributed by atoms with Crippen LogP contribution in [0.3, 0.4) is 0 Å². The van der Waals surface area contributed by atoms with Crippen LogP contribution in [0, 0.1) is 0 Å². The molecule has 0 radical (unpaired) electrons. The van der Waals surface area contributed by atoms with E-state index >= 15 is 0 Å². The average Bonchev–Trinajstić information content (AvgIpc) is 2.26. The van der Waals surface area contributed by atoms with E-state index in [4.69, 9.17) is 0 Å². The van der Waals surface area contributed by atoms with E-state index in [0.717, 1.165) is 22.9 Å². The van der Waals surface area contributed by atoms with Gasteiger partial charge in [-0.1, -0.05) is 24.3 Å². The first kappa shape index (κ1) is 7.44. The molecule has 3 rings (SSSR count). The number of hydrogen-bond acceptors (Lipinski definition) is 1. The van der Waals surface area contributed by atoms with Crippen molar-refractivity contribution >= 4 is 11.4 Å². The van der Waals surface area contributed by atoms with Crippen molar-refractivity contribution in [3.63, 3.8) is 0 Å². The molecular weight excluding hydrogens is 174 g/mol. The maximum Gasteiger partial charge on any atom is 0.284 e. The van der Waals surface area contributed by atoms with Gasteiger partial charge in [-0.25, -0.2) is 0 Å². The summed E-state index contributed by atoms with van der Waals surface area (Å²) in [5.41, 5.74) is 2.15. The highest BCUT2D eigenvalue weighted by Crippen LogP contribution is 2.42. The van der Waals surface area contributed by atoms with Gasteiger partial charge in [-0.15, -0.1) is 0 Å². The van der Waals surface area contributed by atoms with Gasteiger partial charge in [-0.05, 0) is 12.1 Å². The van der Waals surface area contributed by atoms with Crippen LogP contribution in [-0.2, 0) is 0 Å². The topological polar surface area (TPSA) is 24.8 Å². The number of anilines is 2. The summed E-state index contributed by atoms with van der Waals surface area (Å²) in [5.74, 6) is 2.01. The number of para-hydroxylation sites is 4. The maximum absolute atomic E-state index is 4.55. The smallest absolute Gasteiger partial charge is 0.284 e. The number of aromatic hydroxyl groups is 2. The van der Waals surface area contributed by atoms with Gasteiger partial charge >= 0.3 is 0 Å². The number of fused-ring (bicyclic) bond motifs is 2. The van der Waals surface area contributed by atoms with Crippen molar-refractivity contribution in [1.82, 2.24) is 0 Å². The lowest BCUT2D eigenvalue weighted by Gasteiger charge is -2.17. The molecule has 0 amide bonds. The fraction of sp³-hybridized carbons (Fsp3) is 0. The van der Waals surface area contributed by atoms with Crippen LogP contribution in [-0.4, -0.2) is 4.74 Å². The molecule has 0 spiro atoms. The second-order valence-corrected chi connectivity index (χ2v) is 3.27. The van der Waals surface area contributed by atoms with Crippen molar-refractivity contribution in [1.29, 1.82) is 0 Å². The Hall–Kier alpha value is -1.96. The molecule has 0 saturated carbocycles. The molecule has 2 aromatic rings. The van der Waals surface area contributed by atoms with Crippen LogP contribution < -0.4 is 5.32 Å². The third-order valence-corrected chi connectivity index (χ3v) is 2.32. The molecule has 0 fully saturated rings. The minimum Gasteiger partial charge on any atom is -0.543 e. The SMILES string of the molecule is c1ccc2c(c1)Nc1ccccc1[OH+]2. The molecule has 1 aliphatic rings. The van der Waals surface area contributed by atoms with Gasteiger partial charge in [0.25, 0.3) is 11.5 Å². The van der Waals surface area contributed by atoms with E-state index in [1.807, 2.05) is 48.5 Å². The van der Waals surface area contributed by atoms with Crippen molar-refractivity contribution in [2.24, 2.45) is 0 Å². The molecule has 0 aromatic heterocycles. The van der Waals surface area contributed by atoms with E-state index in [-0.39, 0.29) is 0 Å². The fourth-order valence-electron chi connectivity index (χ4n) is 1.63. The molecule has 0 aliphatic carbocycles. The molecule has 14 heavy (non-hydrogen) atoms. The monoisotopic (exact) mass is 184 g/mol. The van der Waals surface area contributed by atoms with Crippen LogP contribution in [0.15, 0.2) is 48.5 Å². The first-order valence-corrected chi connectivity index (χ1v) is 4.60. The van der Waals surface area contributed by atoms with Crippen molar-refractivity contribution in [2.45, 2.75) is 0 Å². The highest BCUT2D eigenvalue weighted by Gasteiger charge is 2.19. The molecule has 0 atom stereocenters. The Balaban J connectivity index is 2.12. The number of nitrogens with one attached hydrogen (secondary N) is 1. The number of benzene rings is 2. The van der Waals surface area contributed by atoms with Crippen molar-refractivity contribution in [2.75, 3.05) is 5.32 Å². The quantitative estimate of drug-likeness (QED) is 0.420. The lowest BCUT2D eigenvalue weighted by atomic mass is 10.2. The average molecular weight is 184 g/mol. The van der Waals surface area contributed by atoms with Gasteiger partial charge < -0.3 is 10.1 Å². The third-order valence-electron chi connectivity index (χ3n) is 2.32. The minimum absolute atomic E-state index is 1.01. The normalized spacial score (nSPS) is 12.0. The Bertz CT molecular complexity index is 392.